The van der Waals surface area contributed by atoms with Crippen molar-refractivity contribution in [3.63, 3.8) is 0 Å². The van der Waals surface area contributed by atoms with Crippen molar-refractivity contribution in [1.82, 2.24) is 9.88 Å². The molecule has 0 aliphatic carbocycles. The van der Waals surface area contributed by atoms with E-state index in [9.17, 15) is 0 Å². The Morgan fingerprint density at radius 3 is 2.77 bits per heavy atom. The first-order valence-corrected chi connectivity index (χ1v) is 9.35. The van der Waals surface area contributed by atoms with Crippen LogP contribution in [0.5, 0.6) is 5.75 Å². The van der Waals surface area contributed by atoms with E-state index in [0.29, 0.717) is 12.6 Å². The van der Waals surface area contributed by atoms with E-state index < -0.39 is 0 Å². The Kier molecular flexibility index (Phi) is 3.75. The minimum Gasteiger partial charge on any atom is -0.471 e. The molecule has 26 heavy (non-hydrogen) atoms. The van der Waals surface area contributed by atoms with Gasteiger partial charge in [0.25, 0.3) is 0 Å². The summed E-state index contributed by atoms with van der Waals surface area (Å²) >= 11 is 0. The van der Waals surface area contributed by atoms with Gasteiger partial charge in [-0.25, -0.2) is 0 Å². The zero-order valence-corrected chi connectivity index (χ0v) is 15.0. The Bertz CT molecular complexity index is 956. The molecule has 0 unspecified atom stereocenters. The molecule has 2 aliphatic rings. The predicted octanol–water partition coefficient (Wildman–Crippen LogP) is 4.15. The maximum atomic E-state index is 5.49. The van der Waals surface area contributed by atoms with Gasteiger partial charge in [0.05, 0.1) is 11.2 Å². The fourth-order valence-electron chi connectivity index (χ4n) is 4.18. The molecule has 5 heteroatoms. The Balaban J connectivity index is 1.45. The maximum Gasteiger partial charge on any atom is 0.159 e. The van der Waals surface area contributed by atoms with Crippen LogP contribution in [0.3, 0.4) is 0 Å². The van der Waals surface area contributed by atoms with Gasteiger partial charge in [-0.15, -0.1) is 0 Å². The number of fused-ring (bicyclic) bond motifs is 2. The summed E-state index contributed by atoms with van der Waals surface area (Å²) in [5, 5.41) is 11.6. The molecule has 3 aromatic rings. The molecule has 0 atom stereocenters. The molecule has 0 bridgehead atoms. The molecule has 0 saturated carbocycles. The van der Waals surface area contributed by atoms with Gasteiger partial charge >= 0.3 is 0 Å². The summed E-state index contributed by atoms with van der Waals surface area (Å²) in [6.45, 7) is 2.79. The van der Waals surface area contributed by atoms with Crippen molar-refractivity contribution in [2.75, 3.05) is 30.5 Å². The van der Waals surface area contributed by atoms with Crippen LogP contribution in [0, 0.1) is 0 Å². The summed E-state index contributed by atoms with van der Waals surface area (Å²) in [5.41, 5.74) is 5.99. The van der Waals surface area contributed by atoms with Crippen LogP contribution < -0.4 is 20.7 Å². The number of piperidine rings is 1. The average Bonchev–Trinajstić information content (AvgIpc) is 3.27. The van der Waals surface area contributed by atoms with Crippen molar-refractivity contribution in [3.8, 4) is 5.75 Å². The van der Waals surface area contributed by atoms with Gasteiger partial charge in [0.1, 0.15) is 5.75 Å². The largest absolute Gasteiger partial charge is 0.471 e. The first kappa shape index (κ1) is 15.6. The molecule has 2 aliphatic heterocycles. The molecule has 2 aromatic carbocycles. The molecule has 5 rings (SSSR count). The van der Waals surface area contributed by atoms with E-state index in [0.717, 1.165) is 35.9 Å². The van der Waals surface area contributed by atoms with Crippen molar-refractivity contribution >= 4 is 28.0 Å². The lowest BCUT2D eigenvalue weighted by molar-refractivity contribution is 0.372. The number of benzene rings is 2. The van der Waals surface area contributed by atoms with Gasteiger partial charge in [-0.1, -0.05) is 6.07 Å². The Hall–Kier alpha value is -2.66. The third-order valence-corrected chi connectivity index (χ3v) is 5.56. The second kappa shape index (κ2) is 6.25. The molecule has 1 fully saturated rings. The van der Waals surface area contributed by atoms with Crippen LogP contribution in [0.4, 0.5) is 17.1 Å². The lowest BCUT2D eigenvalue weighted by Crippen LogP contribution is -2.26. The molecule has 5 nitrogen and oxygen atoms in total. The number of hydrogen-bond acceptors (Lipinski definition) is 4. The zero-order valence-electron chi connectivity index (χ0n) is 15.0. The van der Waals surface area contributed by atoms with Crippen molar-refractivity contribution in [2.24, 2.45) is 7.05 Å². The van der Waals surface area contributed by atoms with Crippen LogP contribution in [-0.4, -0.2) is 24.4 Å². The first-order chi connectivity index (χ1) is 12.8. The lowest BCUT2D eigenvalue weighted by atomic mass is 9.90. The molecule has 3 heterocycles. The highest BCUT2D eigenvalue weighted by Gasteiger charge is 2.19. The van der Waals surface area contributed by atoms with E-state index in [-0.39, 0.29) is 0 Å². The van der Waals surface area contributed by atoms with Crippen molar-refractivity contribution in [3.05, 3.63) is 48.2 Å². The Labute approximate surface area is 153 Å². The van der Waals surface area contributed by atoms with Gasteiger partial charge in [0, 0.05) is 30.0 Å². The average molecular weight is 348 g/mol. The molecule has 134 valence electrons. The second-order valence-electron chi connectivity index (χ2n) is 7.25. The number of rotatable bonds is 3. The molecular formula is C21H24N4O. The summed E-state index contributed by atoms with van der Waals surface area (Å²) in [5.74, 6) is 1.58. The SMILES string of the molecule is Cn1cc(C2CCNCC2)c2ccc(Nc3ccc4c(c3)NCO4)cc21. The number of ether oxygens (including phenoxy) is 1. The van der Waals surface area contributed by atoms with Gasteiger partial charge in [0.15, 0.2) is 6.73 Å². The van der Waals surface area contributed by atoms with Crippen molar-refractivity contribution in [1.29, 1.82) is 0 Å². The van der Waals surface area contributed by atoms with E-state index in [1.807, 2.05) is 6.07 Å². The number of nitrogens with one attached hydrogen (secondary N) is 3. The van der Waals surface area contributed by atoms with Gasteiger partial charge in [-0.05, 0) is 67.7 Å². The zero-order chi connectivity index (χ0) is 17.5. The van der Waals surface area contributed by atoms with Gasteiger partial charge in [0.2, 0.25) is 0 Å². The minimum atomic E-state index is 0.549. The van der Waals surface area contributed by atoms with Crippen LogP contribution in [0.1, 0.15) is 24.3 Å². The molecule has 0 amide bonds. The molecule has 1 saturated heterocycles. The van der Waals surface area contributed by atoms with Gasteiger partial charge < -0.3 is 25.3 Å². The summed E-state index contributed by atoms with van der Waals surface area (Å²) in [6.07, 6.45) is 4.77. The highest BCUT2D eigenvalue weighted by atomic mass is 16.5. The molecule has 0 spiro atoms. The summed E-state index contributed by atoms with van der Waals surface area (Å²) in [7, 11) is 2.15. The van der Waals surface area contributed by atoms with Gasteiger partial charge in [-0.3, -0.25) is 0 Å². The second-order valence-corrected chi connectivity index (χ2v) is 7.25. The molecular weight excluding hydrogens is 324 g/mol. The van der Waals surface area contributed by atoms with E-state index in [4.69, 9.17) is 4.74 Å². The maximum absolute atomic E-state index is 5.49. The number of anilines is 3. The van der Waals surface area contributed by atoms with E-state index >= 15 is 0 Å². The third kappa shape index (κ3) is 2.69. The summed E-state index contributed by atoms with van der Waals surface area (Å²) < 4.78 is 7.75. The normalized spacial score (nSPS) is 17.0. The lowest BCUT2D eigenvalue weighted by Gasteiger charge is -2.22. The molecule has 1 aromatic heterocycles. The standard InChI is InChI=1S/C21H24N4O/c1-25-12-18(14-6-8-22-9-7-14)17-4-2-16(11-20(17)25)24-15-3-5-21-19(10-15)23-13-26-21/h2-5,10-12,14,22-24H,6-9,13H2,1H3. The highest BCUT2D eigenvalue weighted by molar-refractivity contribution is 5.88. The molecule has 3 N–H and O–H groups in total. The quantitative estimate of drug-likeness (QED) is 0.665. The van der Waals surface area contributed by atoms with Gasteiger partial charge in [-0.2, -0.15) is 0 Å². The van der Waals surface area contributed by atoms with Crippen LogP contribution >= 0.6 is 0 Å². The number of hydrogen-bond donors (Lipinski definition) is 3. The van der Waals surface area contributed by atoms with Crippen molar-refractivity contribution in [2.45, 2.75) is 18.8 Å². The van der Waals surface area contributed by atoms with Crippen LogP contribution in [-0.2, 0) is 7.05 Å². The van der Waals surface area contributed by atoms with E-state index in [1.54, 1.807) is 0 Å². The number of nitrogens with zero attached hydrogens (tertiary/aromatic N) is 1. The van der Waals surface area contributed by atoms with E-state index in [2.05, 4.69) is 64.1 Å². The highest BCUT2D eigenvalue weighted by Crippen LogP contribution is 2.36. The van der Waals surface area contributed by atoms with Crippen LogP contribution in [0.25, 0.3) is 10.9 Å². The van der Waals surface area contributed by atoms with Crippen molar-refractivity contribution < 1.29 is 4.74 Å². The Morgan fingerprint density at radius 2 is 1.88 bits per heavy atom. The topological polar surface area (TPSA) is 50.2 Å². The Morgan fingerprint density at radius 1 is 1.08 bits per heavy atom. The summed E-state index contributed by atoms with van der Waals surface area (Å²) in [6, 6.07) is 12.9. The van der Waals surface area contributed by atoms with Crippen LogP contribution in [0.2, 0.25) is 0 Å². The first-order valence-electron chi connectivity index (χ1n) is 9.35. The van der Waals surface area contributed by atoms with Crippen LogP contribution in [0.15, 0.2) is 42.6 Å². The minimum absolute atomic E-state index is 0.549. The number of aromatic nitrogens is 1. The summed E-state index contributed by atoms with van der Waals surface area (Å²) in [4.78, 5) is 0. The third-order valence-electron chi connectivity index (χ3n) is 5.56. The number of aryl methyl sites for hydroxylation is 1. The van der Waals surface area contributed by atoms with E-state index in [1.165, 1.54) is 29.3 Å². The monoisotopic (exact) mass is 348 g/mol. The predicted molar refractivity (Wildman–Crippen MR) is 107 cm³/mol. The smallest absolute Gasteiger partial charge is 0.159 e. The fraction of sp³-hybridized carbons (Fsp3) is 0.333. The fourth-order valence-corrected chi connectivity index (χ4v) is 4.18. The molecule has 0 radical (unpaired) electrons.